The van der Waals surface area contributed by atoms with E-state index in [-0.39, 0.29) is 0 Å². The van der Waals surface area contributed by atoms with Crippen molar-refractivity contribution >= 4 is 6.09 Å². The molecule has 0 saturated carbocycles. The van der Waals surface area contributed by atoms with Gasteiger partial charge in [-0.1, -0.05) is 60.7 Å². The summed E-state index contributed by atoms with van der Waals surface area (Å²) in [5.74, 6) is 0.553. The van der Waals surface area contributed by atoms with Crippen molar-refractivity contribution in [1.29, 1.82) is 5.26 Å². The maximum Gasteiger partial charge on any atom is 0.405 e. The zero-order valence-electron chi connectivity index (χ0n) is 15.2. The number of benzene rings is 3. The number of nitriles is 1. The highest BCUT2D eigenvalue weighted by molar-refractivity contribution is 5.65. The Morgan fingerprint density at radius 2 is 1.64 bits per heavy atom. The molecule has 0 fully saturated rings. The van der Waals surface area contributed by atoms with Gasteiger partial charge in [-0.15, -0.1) is 0 Å². The van der Waals surface area contributed by atoms with Crippen LogP contribution in [0.1, 0.15) is 28.3 Å². The molecular formula is C23H20N2O3. The van der Waals surface area contributed by atoms with E-state index >= 15 is 0 Å². The molecule has 1 atom stereocenters. The van der Waals surface area contributed by atoms with Crippen molar-refractivity contribution in [1.82, 2.24) is 5.32 Å². The van der Waals surface area contributed by atoms with E-state index in [2.05, 4.69) is 11.4 Å². The molecule has 0 aliphatic carbocycles. The molecule has 0 radical (unpaired) electrons. The van der Waals surface area contributed by atoms with Crippen LogP contribution in [-0.2, 0) is 13.0 Å². The normalized spacial score (nSPS) is 11.2. The second-order valence-corrected chi connectivity index (χ2v) is 6.33. The first kappa shape index (κ1) is 19.0. The number of carbonyl (C=O) groups is 1. The summed E-state index contributed by atoms with van der Waals surface area (Å²) < 4.78 is 5.98. The Morgan fingerprint density at radius 1 is 1.00 bits per heavy atom. The van der Waals surface area contributed by atoms with Crippen LogP contribution in [0.5, 0.6) is 5.75 Å². The predicted molar refractivity (Wildman–Crippen MR) is 106 cm³/mol. The number of nitrogens with one attached hydrogen (secondary N) is 1. The fourth-order valence-corrected chi connectivity index (χ4v) is 2.99. The minimum Gasteiger partial charge on any atom is -0.489 e. The van der Waals surface area contributed by atoms with Gasteiger partial charge in [0, 0.05) is 5.56 Å². The minimum absolute atomic E-state index is 0.352. The van der Waals surface area contributed by atoms with E-state index in [4.69, 9.17) is 4.74 Å². The number of amides is 1. The summed E-state index contributed by atoms with van der Waals surface area (Å²) in [6.45, 7) is 0.352. The van der Waals surface area contributed by atoms with E-state index in [9.17, 15) is 15.2 Å². The molecule has 0 saturated heterocycles. The lowest BCUT2D eigenvalue weighted by Gasteiger charge is -2.21. The van der Waals surface area contributed by atoms with Crippen LogP contribution in [0.4, 0.5) is 4.79 Å². The number of hydrogen-bond acceptors (Lipinski definition) is 3. The molecule has 0 spiro atoms. The van der Waals surface area contributed by atoms with Crippen molar-refractivity contribution in [3.05, 3.63) is 101 Å². The predicted octanol–water partition coefficient (Wildman–Crippen LogP) is 4.69. The SMILES string of the molecule is N#Cc1ccc(OCc2ccccc2)c(C(Cc2ccccc2)NC(=O)O)c1. The van der Waals surface area contributed by atoms with Crippen LogP contribution in [0.3, 0.4) is 0 Å². The van der Waals surface area contributed by atoms with Gasteiger partial charge < -0.3 is 15.2 Å². The summed E-state index contributed by atoms with van der Waals surface area (Å²) >= 11 is 0. The maximum atomic E-state index is 11.4. The molecule has 5 nitrogen and oxygen atoms in total. The molecule has 0 bridgehead atoms. The third kappa shape index (κ3) is 5.12. The molecular weight excluding hydrogens is 352 g/mol. The molecule has 3 rings (SSSR count). The molecule has 2 N–H and O–H groups in total. The van der Waals surface area contributed by atoms with Crippen molar-refractivity contribution in [3.63, 3.8) is 0 Å². The second-order valence-electron chi connectivity index (χ2n) is 6.33. The molecule has 5 heteroatoms. The smallest absolute Gasteiger partial charge is 0.405 e. The quantitative estimate of drug-likeness (QED) is 0.630. The molecule has 140 valence electrons. The average Bonchev–Trinajstić information content (AvgIpc) is 2.73. The molecule has 1 amide bonds. The Balaban J connectivity index is 1.92. The minimum atomic E-state index is -1.13. The number of rotatable bonds is 7. The fraction of sp³-hybridized carbons (Fsp3) is 0.130. The van der Waals surface area contributed by atoms with E-state index in [1.807, 2.05) is 60.7 Å². The van der Waals surface area contributed by atoms with Crippen LogP contribution in [0.15, 0.2) is 78.9 Å². The van der Waals surface area contributed by atoms with Crippen LogP contribution in [0.2, 0.25) is 0 Å². The number of ether oxygens (including phenoxy) is 1. The molecule has 0 heterocycles. The summed E-state index contributed by atoms with van der Waals surface area (Å²) in [5.41, 5.74) is 3.08. The topological polar surface area (TPSA) is 82.3 Å². The van der Waals surface area contributed by atoms with Crippen LogP contribution in [0.25, 0.3) is 0 Å². The third-order valence-corrected chi connectivity index (χ3v) is 4.33. The van der Waals surface area contributed by atoms with Gasteiger partial charge in [0.25, 0.3) is 0 Å². The first-order valence-corrected chi connectivity index (χ1v) is 8.90. The first-order valence-electron chi connectivity index (χ1n) is 8.90. The average molecular weight is 372 g/mol. The van der Waals surface area contributed by atoms with Crippen molar-refractivity contribution < 1.29 is 14.6 Å². The van der Waals surface area contributed by atoms with Gasteiger partial charge in [0.15, 0.2) is 0 Å². The van der Waals surface area contributed by atoms with Crippen LogP contribution >= 0.6 is 0 Å². The number of carboxylic acid groups (broad SMARTS) is 1. The van der Waals surface area contributed by atoms with Gasteiger partial charge >= 0.3 is 6.09 Å². The summed E-state index contributed by atoms with van der Waals surface area (Å²) in [7, 11) is 0. The lowest BCUT2D eigenvalue weighted by Crippen LogP contribution is -2.28. The molecule has 3 aromatic rings. The molecule has 3 aromatic carbocycles. The molecule has 0 aromatic heterocycles. The van der Waals surface area contributed by atoms with E-state index in [1.165, 1.54) is 0 Å². The van der Waals surface area contributed by atoms with Gasteiger partial charge in [-0.2, -0.15) is 5.26 Å². The van der Waals surface area contributed by atoms with E-state index in [1.54, 1.807) is 18.2 Å². The van der Waals surface area contributed by atoms with Crippen LogP contribution in [0, 0.1) is 11.3 Å². The Morgan fingerprint density at radius 3 is 2.25 bits per heavy atom. The van der Waals surface area contributed by atoms with E-state index in [0.29, 0.717) is 29.9 Å². The molecule has 28 heavy (non-hydrogen) atoms. The number of nitrogens with zero attached hydrogens (tertiary/aromatic N) is 1. The zero-order chi connectivity index (χ0) is 19.8. The zero-order valence-corrected chi connectivity index (χ0v) is 15.2. The highest BCUT2D eigenvalue weighted by Crippen LogP contribution is 2.30. The van der Waals surface area contributed by atoms with Crippen molar-refractivity contribution in [3.8, 4) is 11.8 Å². The van der Waals surface area contributed by atoms with Crippen molar-refractivity contribution in [2.75, 3.05) is 0 Å². The Labute approximate surface area is 163 Å². The molecule has 1 unspecified atom stereocenters. The summed E-state index contributed by atoms with van der Waals surface area (Å²) in [6, 6.07) is 26.0. The van der Waals surface area contributed by atoms with Gasteiger partial charge in [0.2, 0.25) is 0 Å². The van der Waals surface area contributed by atoms with Crippen molar-refractivity contribution in [2.24, 2.45) is 0 Å². The highest BCUT2D eigenvalue weighted by atomic mass is 16.5. The fourth-order valence-electron chi connectivity index (χ4n) is 2.99. The lowest BCUT2D eigenvalue weighted by molar-refractivity contribution is 0.189. The van der Waals surface area contributed by atoms with Gasteiger partial charge in [0.1, 0.15) is 12.4 Å². The standard InChI is InChI=1S/C23H20N2O3/c24-15-19-11-12-22(28-16-18-9-5-2-6-10-18)20(13-19)21(25-23(26)27)14-17-7-3-1-4-8-17/h1-13,21,25H,14,16H2,(H,26,27). The summed E-state index contributed by atoms with van der Waals surface area (Å²) in [4.78, 5) is 11.4. The van der Waals surface area contributed by atoms with Gasteiger partial charge in [-0.25, -0.2) is 4.79 Å². The monoisotopic (exact) mass is 372 g/mol. The van der Waals surface area contributed by atoms with Crippen LogP contribution in [-0.4, -0.2) is 11.2 Å². The molecule has 0 aliphatic heterocycles. The van der Waals surface area contributed by atoms with Crippen LogP contribution < -0.4 is 10.1 Å². The number of hydrogen-bond donors (Lipinski definition) is 2. The summed E-state index contributed by atoms with van der Waals surface area (Å²) in [5, 5.41) is 21.2. The maximum absolute atomic E-state index is 11.4. The Hall–Kier alpha value is -3.78. The van der Waals surface area contributed by atoms with E-state index in [0.717, 1.165) is 11.1 Å². The molecule has 0 aliphatic rings. The van der Waals surface area contributed by atoms with Crippen molar-refractivity contribution in [2.45, 2.75) is 19.1 Å². The highest BCUT2D eigenvalue weighted by Gasteiger charge is 2.20. The van der Waals surface area contributed by atoms with Gasteiger partial charge in [0.05, 0.1) is 17.7 Å². The summed E-state index contributed by atoms with van der Waals surface area (Å²) in [6.07, 6.45) is -0.679. The Kier molecular flexibility index (Phi) is 6.27. The third-order valence-electron chi connectivity index (χ3n) is 4.33. The second kappa shape index (κ2) is 9.24. The first-order chi connectivity index (χ1) is 13.7. The van der Waals surface area contributed by atoms with Gasteiger partial charge in [-0.05, 0) is 35.7 Å². The lowest BCUT2D eigenvalue weighted by atomic mass is 9.96. The van der Waals surface area contributed by atoms with Gasteiger partial charge in [-0.3, -0.25) is 0 Å². The van der Waals surface area contributed by atoms with E-state index < -0.39 is 12.1 Å². The Bertz CT molecular complexity index is 966. The largest absolute Gasteiger partial charge is 0.489 e.